The summed E-state index contributed by atoms with van der Waals surface area (Å²) in [5, 5.41) is 5.12. The van der Waals surface area contributed by atoms with Crippen LogP contribution in [0.1, 0.15) is 13.3 Å². The SMILES string of the molecule is CCNC(=O)CNC(=O)C1CC1N. The number of carbonyl (C=O) groups excluding carboxylic acids is 2. The first-order valence-corrected chi connectivity index (χ1v) is 4.45. The summed E-state index contributed by atoms with van der Waals surface area (Å²) in [5.74, 6) is -0.349. The molecule has 13 heavy (non-hydrogen) atoms. The van der Waals surface area contributed by atoms with Crippen molar-refractivity contribution in [3.05, 3.63) is 0 Å². The minimum Gasteiger partial charge on any atom is -0.355 e. The Balaban J connectivity index is 2.11. The fourth-order valence-corrected chi connectivity index (χ4v) is 1.07. The van der Waals surface area contributed by atoms with Gasteiger partial charge in [0.05, 0.1) is 12.5 Å². The Morgan fingerprint density at radius 2 is 2.08 bits per heavy atom. The van der Waals surface area contributed by atoms with Crippen molar-refractivity contribution in [1.29, 1.82) is 0 Å². The van der Waals surface area contributed by atoms with Crippen molar-refractivity contribution >= 4 is 11.8 Å². The molecule has 0 spiro atoms. The van der Waals surface area contributed by atoms with E-state index in [1.807, 2.05) is 6.92 Å². The van der Waals surface area contributed by atoms with Crippen LogP contribution in [0.4, 0.5) is 0 Å². The summed E-state index contributed by atoms with van der Waals surface area (Å²) in [5.41, 5.74) is 5.47. The smallest absolute Gasteiger partial charge is 0.239 e. The first-order valence-electron chi connectivity index (χ1n) is 4.45. The molecule has 1 aliphatic carbocycles. The highest BCUT2D eigenvalue weighted by Gasteiger charge is 2.39. The van der Waals surface area contributed by atoms with Crippen LogP contribution >= 0.6 is 0 Å². The average molecular weight is 185 g/mol. The van der Waals surface area contributed by atoms with Gasteiger partial charge in [-0.15, -0.1) is 0 Å². The van der Waals surface area contributed by atoms with Gasteiger partial charge >= 0.3 is 0 Å². The molecule has 5 nitrogen and oxygen atoms in total. The van der Waals surface area contributed by atoms with E-state index in [9.17, 15) is 9.59 Å². The Kier molecular flexibility index (Phi) is 3.25. The highest BCUT2D eigenvalue weighted by molar-refractivity contribution is 5.87. The van der Waals surface area contributed by atoms with Crippen LogP contribution in [0.3, 0.4) is 0 Å². The maximum atomic E-state index is 11.2. The molecule has 0 radical (unpaired) electrons. The van der Waals surface area contributed by atoms with Gasteiger partial charge in [-0.05, 0) is 13.3 Å². The van der Waals surface area contributed by atoms with Crippen molar-refractivity contribution < 1.29 is 9.59 Å². The highest BCUT2D eigenvalue weighted by atomic mass is 16.2. The van der Waals surface area contributed by atoms with Gasteiger partial charge in [-0.3, -0.25) is 9.59 Å². The van der Waals surface area contributed by atoms with Gasteiger partial charge < -0.3 is 16.4 Å². The summed E-state index contributed by atoms with van der Waals surface area (Å²) >= 11 is 0. The quantitative estimate of drug-likeness (QED) is 0.503. The zero-order valence-electron chi connectivity index (χ0n) is 7.67. The zero-order chi connectivity index (χ0) is 9.84. The zero-order valence-corrected chi connectivity index (χ0v) is 7.67. The van der Waals surface area contributed by atoms with Crippen molar-refractivity contribution in [1.82, 2.24) is 10.6 Å². The van der Waals surface area contributed by atoms with E-state index in [1.54, 1.807) is 0 Å². The van der Waals surface area contributed by atoms with Gasteiger partial charge in [-0.1, -0.05) is 0 Å². The largest absolute Gasteiger partial charge is 0.355 e. The second-order valence-corrected chi connectivity index (χ2v) is 3.18. The van der Waals surface area contributed by atoms with E-state index in [1.165, 1.54) is 0 Å². The third kappa shape index (κ3) is 3.02. The first-order chi connectivity index (χ1) is 6.15. The van der Waals surface area contributed by atoms with Gasteiger partial charge in [0.15, 0.2) is 0 Å². The van der Waals surface area contributed by atoms with Gasteiger partial charge in [0.1, 0.15) is 0 Å². The molecule has 1 saturated carbocycles. The molecule has 2 atom stereocenters. The molecular weight excluding hydrogens is 170 g/mol. The first kappa shape index (κ1) is 9.98. The van der Waals surface area contributed by atoms with Gasteiger partial charge in [-0.25, -0.2) is 0 Å². The summed E-state index contributed by atoms with van der Waals surface area (Å²) in [7, 11) is 0. The van der Waals surface area contributed by atoms with Crippen molar-refractivity contribution in [2.24, 2.45) is 11.7 Å². The number of rotatable bonds is 4. The molecule has 0 heterocycles. The molecular formula is C8H15N3O2. The Morgan fingerprint density at radius 1 is 1.46 bits per heavy atom. The Hall–Kier alpha value is -1.10. The minimum absolute atomic E-state index is 0.00534. The van der Waals surface area contributed by atoms with E-state index in [2.05, 4.69) is 10.6 Å². The number of amides is 2. The second-order valence-electron chi connectivity index (χ2n) is 3.18. The van der Waals surface area contributed by atoms with Crippen LogP contribution in [-0.2, 0) is 9.59 Å². The molecule has 1 rings (SSSR count). The van der Waals surface area contributed by atoms with Gasteiger partial charge in [0, 0.05) is 12.6 Å². The van der Waals surface area contributed by atoms with Crippen molar-refractivity contribution in [3.63, 3.8) is 0 Å². The predicted octanol–water partition coefficient (Wildman–Crippen LogP) is -1.41. The van der Waals surface area contributed by atoms with E-state index in [0.29, 0.717) is 6.54 Å². The molecule has 0 aromatic rings. The lowest BCUT2D eigenvalue weighted by Crippen LogP contribution is -2.38. The van der Waals surface area contributed by atoms with Crippen LogP contribution in [0.2, 0.25) is 0 Å². The molecule has 1 aliphatic rings. The van der Waals surface area contributed by atoms with Crippen LogP contribution in [0.25, 0.3) is 0 Å². The van der Waals surface area contributed by atoms with E-state index >= 15 is 0 Å². The molecule has 2 unspecified atom stereocenters. The topological polar surface area (TPSA) is 84.2 Å². The average Bonchev–Trinajstić information content (AvgIpc) is 2.79. The third-order valence-electron chi connectivity index (χ3n) is 1.97. The van der Waals surface area contributed by atoms with Gasteiger partial charge in [0.25, 0.3) is 0 Å². The van der Waals surface area contributed by atoms with Crippen molar-refractivity contribution in [2.45, 2.75) is 19.4 Å². The van der Waals surface area contributed by atoms with E-state index < -0.39 is 0 Å². The lowest BCUT2D eigenvalue weighted by Gasteiger charge is -2.03. The standard InChI is InChI=1S/C8H15N3O2/c1-2-10-7(12)4-11-8(13)5-3-6(5)9/h5-6H,2-4,9H2,1H3,(H,10,12)(H,11,13). The number of hydrogen-bond donors (Lipinski definition) is 3. The lowest BCUT2D eigenvalue weighted by molar-refractivity contribution is -0.126. The molecule has 0 saturated heterocycles. The van der Waals surface area contributed by atoms with Crippen molar-refractivity contribution in [3.8, 4) is 0 Å². The number of hydrogen-bond acceptors (Lipinski definition) is 3. The number of carbonyl (C=O) groups is 2. The van der Waals surface area contributed by atoms with Crippen molar-refractivity contribution in [2.75, 3.05) is 13.1 Å². The van der Waals surface area contributed by atoms with Gasteiger partial charge in [0.2, 0.25) is 11.8 Å². The van der Waals surface area contributed by atoms with Gasteiger partial charge in [-0.2, -0.15) is 0 Å². The molecule has 74 valence electrons. The number of nitrogens with one attached hydrogen (secondary N) is 2. The Labute approximate surface area is 77.1 Å². The molecule has 4 N–H and O–H groups in total. The monoisotopic (exact) mass is 185 g/mol. The fourth-order valence-electron chi connectivity index (χ4n) is 1.07. The maximum Gasteiger partial charge on any atom is 0.239 e. The lowest BCUT2D eigenvalue weighted by atomic mass is 10.4. The van der Waals surface area contributed by atoms with Crippen LogP contribution in [-0.4, -0.2) is 30.9 Å². The highest BCUT2D eigenvalue weighted by Crippen LogP contribution is 2.27. The van der Waals surface area contributed by atoms with E-state index in [0.717, 1.165) is 6.42 Å². The van der Waals surface area contributed by atoms with E-state index in [4.69, 9.17) is 5.73 Å². The van der Waals surface area contributed by atoms with E-state index in [-0.39, 0.29) is 30.3 Å². The Morgan fingerprint density at radius 3 is 2.54 bits per heavy atom. The normalized spacial score (nSPS) is 25.1. The molecule has 0 bridgehead atoms. The summed E-state index contributed by atoms with van der Waals surface area (Å²) in [6.45, 7) is 2.46. The van der Waals surface area contributed by atoms with Crippen LogP contribution in [0, 0.1) is 5.92 Å². The number of nitrogens with two attached hydrogens (primary N) is 1. The molecule has 0 aromatic carbocycles. The predicted molar refractivity (Wildman–Crippen MR) is 47.8 cm³/mol. The second kappa shape index (κ2) is 4.23. The molecule has 1 fully saturated rings. The summed E-state index contributed by atoms with van der Waals surface area (Å²) in [6, 6.07) is -0.00534. The number of likely N-dealkylation sites (N-methyl/N-ethyl adjacent to an activating group) is 1. The molecule has 0 aliphatic heterocycles. The Bertz CT molecular complexity index is 217. The molecule has 0 aromatic heterocycles. The van der Waals surface area contributed by atoms with Crippen LogP contribution < -0.4 is 16.4 Å². The minimum atomic E-state index is -0.162. The molecule has 5 heteroatoms. The summed E-state index contributed by atoms with van der Waals surface area (Å²) < 4.78 is 0. The fraction of sp³-hybridized carbons (Fsp3) is 0.750. The summed E-state index contributed by atoms with van der Waals surface area (Å²) in [4.78, 5) is 22.1. The maximum absolute atomic E-state index is 11.2. The molecule has 2 amide bonds. The van der Waals surface area contributed by atoms with Crippen LogP contribution in [0.5, 0.6) is 0 Å². The summed E-state index contributed by atoms with van der Waals surface area (Å²) in [6.07, 6.45) is 0.737. The third-order valence-corrected chi connectivity index (χ3v) is 1.97. The van der Waals surface area contributed by atoms with Crippen LogP contribution in [0.15, 0.2) is 0 Å².